The molecule has 0 aliphatic heterocycles. The van der Waals surface area contributed by atoms with Crippen molar-refractivity contribution in [2.24, 2.45) is 16.3 Å². The van der Waals surface area contributed by atoms with Crippen molar-refractivity contribution >= 4 is 5.96 Å². The lowest BCUT2D eigenvalue weighted by Crippen LogP contribution is -2.40. The minimum Gasteiger partial charge on any atom is -0.357 e. The molecule has 0 spiro atoms. The van der Waals surface area contributed by atoms with Crippen LogP contribution in [0.3, 0.4) is 0 Å². The highest BCUT2D eigenvalue weighted by Gasteiger charge is 2.53. The molecule has 2 aliphatic rings. The van der Waals surface area contributed by atoms with Crippen LogP contribution in [-0.2, 0) is 6.54 Å². The highest BCUT2D eigenvalue weighted by atomic mass is 15.2. The minimum absolute atomic E-state index is 0.614. The maximum Gasteiger partial charge on any atom is 0.191 e. The van der Waals surface area contributed by atoms with Gasteiger partial charge in [0.25, 0.3) is 0 Å². The van der Waals surface area contributed by atoms with Gasteiger partial charge in [-0.1, -0.05) is 30.3 Å². The molecule has 0 amide bonds. The van der Waals surface area contributed by atoms with Crippen LogP contribution in [0.15, 0.2) is 35.3 Å². The van der Waals surface area contributed by atoms with Crippen LogP contribution in [0.2, 0.25) is 0 Å². The van der Waals surface area contributed by atoms with Crippen molar-refractivity contribution in [3.63, 3.8) is 0 Å². The Morgan fingerprint density at radius 1 is 1.20 bits per heavy atom. The van der Waals surface area contributed by atoms with E-state index in [2.05, 4.69) is 46.8 Å². The lowest BCUT2D eigenvalue weighted by atomic mass is 10.0. The largest absolute Gasteiger partial charge is 0.357 e. The number of benzene rings is 1. The fourth-order valence-electron chi connectivity index (χ4n) is 2.94. The number of aliphatic imine (C=N–C) groups is 1. The molecule has 3 rings (SSSR count). The first-order chi connectivity index (χ1) is 9.82. The summed E-state index contributed by atoms with van der Waals surface area (Å²) < 4.78 is 0. The van der Waals surface area contributed by atoms with Crippen molar-refractivity contribution in [1.29, 1.82) is 0 Å². The summed E-state index contributed by atoms with van der Waals surface area (Å²) in [5.74, 6) is 1.95. The third-order valence-corrected chi connectivity index (χ3v) is 4.55. The SMILES string of the molecule is CCNC(=NCc1ccccc1)NCC1(C2CC2)CC1. The van der Waals surface area contributed by atoms with Crippen LogP contribution in [0.5, 0.6) is 0 Å². The van der Waals surface area contributed by atoms with Gasteiger partial charge in [0.2, 0.25) is 0 Å². The number of hydrogen-bond acceptors (Lipinski definition) is 1. The standard InChI is InChI=1S/C17H25N3/c1-2-18-16(19-12-14-6-4-3-5-7-14)20-13-17(10-11-17)15-8-9-15/h3-7,15H,2,8-13H2,1H3,(H2,18,19,20). The van der Waals surface area contributed by atoms with E-state index in [1.54, 1.807) is 0 Å². The first kappa shape index (κ1) is 13.5. The Morgan fingerprint density at radius 2 is 1.95 bits per heavy atom. The number of rotatable bonds is 6. The van der Waals surface area contributed by atoms with Gasteiger partial charge in [-0.15, -0.1) is 0 Å². The second-order valence-corrected chi connectivity index (χ2v) is 6.17. The van der Waals surface area contributed by atoms with Gasteiger partial charge >= 0.3 is 0 Å². The molecule has 20 heavy (non-hydrogen) atoms. The summed E-state index contributed by atoms with van der Waals surface area (Å²) in [5.41, 5.74) is 1.87. The molecule has 2 N–H and O–H groups in total. The van der Waals surface area contributed by atoms with Crippen molar-refractivity contribution < 1.29 is 0 Å². The van der Waals surface area contributed by atoms with Gasteiger partial charge in [-0.2, -0.15) is 0 Å². The van der Waals surface area contributed by atoms with Crippen molar-refractivity contribution in [2.75, 3.05) is 13.1 Å². The van der Waals surface area contributed by atoms with Gasteiger partial charge in [0.05, 0.1) is 6.54 Å². The smallest absolute Gasteiger partial charge is 0.191 e. The fourth-order valence-corrected chi connectivity index (χ4v) is 2.94. The van der Waals surface area contributed by atoms with Gasteiger partial charge in [0, 0.05) is 13.1 Å². The zero-order chi connectivity index (χ0) is 13.8. The average Bonchev–Trinajstić information content (AvgIpc) is 3.36. The molecule has 2 saturated carbocycles. The quantitative estimate of drug-likeness (QED) is 0.616. The highest BCUT2D eigenvalue weighted by molar-refractivity contribution is 5.79. The van der Waals surface area contributed by atoms with E-state index >= 15 is 0 Å². The molecule has 0 aromatic heterocycles. The Balaban J connectivity index is 1.54. The molecule has 0 saturated heterocycles. The maximum absolute atomic E-state index is 4.69. The molecule has 0 atom stereocenters. The molecule has 1 aromatic carbocycles. The van der Waals surface area contributed by atoms with E-state index in [0.29, 0.717) is 5.41 Å². The van der Waals surface area contributed by atoms with Crippen LogP contribution in [0.25, 0.3) is 0 Å². The summed E-state index contributed by atoms with van der Waals surface area (Å²) in [5, 5.41) is 6.91. The Hall–Kier alpha value is -1.51. The molecule has 0 heterocycles. The van der Waals surface area contributed by atoms with Gasteiger partial charge in [-0.05, 0) is 49.5 Å². The molecule has 1 aromatic rings. The molecule has 3 heteroatoms. The van der Waals surface area contributed by atoms with E-state index in [0.717, 1.165) is 31.5 Å². The van der Waals surface area contributed by atoms with Crippen LogP contribution < -0.4 is 10.6 Å². The topological polar surface area (TPSA) is 36.4 Å². The third-order valence-electron chi connectivity index (χ3n) is 4.55. The van der Waals surface area contributed by atoms with Crippen LogP contribution in [0.4, 0.5) is 0 Å². The molecule has 2 aliphatic carbocycles. The zero-order valence-corrected chi connectivity index (χ0v) is 12.4. The Morgan fingerprint density at radius 3 is 2.55 bits per heavy atom. The number of nitrogens with zero attached hydrogens (tertiary/aromatic N) is 1. The summed E-state index contributed by atoms with van der Waals surface area (Å²) in [6.07, 6.45) is 5.70. The van der Waals surface area contributed by atoms with Gasteiger partial charge in [-0.25, -0.2) is 4.99 Å². The third kappa shape index (κ3) is 3.33. The van der Waals surface area contributed by atoms with E-state index in [1.165, 1.54) is 31.2 Å². The molecule has 2 fully saturated rings. The van der Waals surface area contributed by atoms with Crippen molar-refractivity contribution in [1.82, 2.24) is 10.6 Å². The van der Waals surface area contributed by atoms with E-state index in [1.807, 2.05) is 6.07 Å². The molecule has 3 nitrogen and oxygen atoms in total. The monoisotopic (exact) mass is 271 g/mol. The van der Waals surface area contributed by atoms with E-state index in [9.17, 15) is 0 Å². The Bertz CT molecular complexity index is 458. The van der Waals surface area contributed by atoms with Crippen molar-refractivity contribution in [2.45, 2.75) is 39.2 Å². The van der Waals surface area contributed by atoms with Crippen molar-refractivity contribution in [3.8, 4) is 0 Å². The number of guanidine groups is 1. The molecular weight excluding hydrogens is 246 g/mol. The minimum atomic E-state index is 0.614. The average molecular weight is 271 g/mol. The maximum atomic E-state index is 4.69. The van der Waals surface area contributed by atoms with E-state index in [-0.39, 0.29) is 0 Å². The van der Waals surface area contributed by atoms with Gasteiger partial charge in [0.1, 0.15) is 0 Å². The number of nitrogens with one attached hydrogen (secondary N) is 2. The molecular formula is C17H25N3. The highest BCUT2D eigenvalue weighted by Crippen LogP contribution is 2.60. The van der Waals surface area contributed by atoms with E-state index in [4.69, 9.17) is 0 Å². The normalized spacial score (nSPS) is 20.6. The number of hydrogen-bond donors (Lipinski definition) is 2. The predicted octanol–water partition coefficient (Wildman–Crippen LogP) is 2.93. The molecule has 0 radical (unpaired) electrons. The first-order valence-corrected chi connectivity index (χ1v) is 7.88. The van der Waals surface area contributed by atoms with Crippen LogP contribution in [0.1, 0.15) is 38.2 Å². The molecule has 108 valence electrons. The van der Waals surface area contributed by atoms with Crippen molar-refractivity contribution in [3.05, 3.63) is 35.9 Å². The molecule has 0 bridgehead atoms. The van der Waals surface area contributed by atoms with Gasteiger partial charge in [0.15, 0.2) is 5.96 Å². The first-order valence-electron chi connectivity index (χ1n) is 7.88. The second-order valence-electron chi connectivity index (χ2n) is 6.17. The summed E-state index contributed by atoms with van der Waals surface area (Å²) in [6.45, 7) is 4.87. The van der Waals surface area contributed by atoms with Gasteiger partial charge < -0.3 is 10.6 Å². The van der Waals surface area contributed by atoms with Crippen LogP contribution in [0, 0.1) is 11.3 Å². The summed E-state index contributed by atoms with van der Waals surface area (Å²) in [4.78, 5) is 4.69. The van der Waals surface area contributed by atoms with E-state index < -0.39 is 0 Å². The summed E-state index contributed by atoms with van der Waals surface area (Å²) in [7, 11) is 0. The fraction of sp³-hybridized carbons (Fsp3) is 0.588. The summed E-state index contributed by atoms with van der Waals surface area (Å²) >= 11 is 0. The Labute approximate surface area is 121 Å². The van der Waals surface area contributed by atoms with Crippen LogP contribution in [-0.4, -0.2) is 19.0 Å². The zero-order valence-electron chi connectivity index (χ0n) is 12.4. The summed E-state index contributed by atoms with van der Waals surface area (Å²) in [6, 6.07) is 10.4. The molecule has 0 unspecified atom stereocenters. The second kappa shape index (κ2) is 5.86. The van der Waals surface area contributed by atoms with Crippen LogP contribution >= 0.6 is 0 Å². The predicted molar refractivity (Wildman–Crippen MR) is 83.7 cm³/mol. The lowest BCUT2D eigenvalue weighted by Gasteiger charge is -2.18. The lowest BCUT2D eigenvalue weighted by molar-refractivity contribution is 0.431. The van der Waals surface area contributed by atoms with Gasteiger partial charge in [-0.3, -0.25) is 0 Å². The Kier molecular flexibility index (Phi) is 3.95.